The summed E-state index contributed by atoms with van der Waals surface area (Å²) < 4.78 is 47.6. The van der Waals surface area contributed by atoms with Gasteiger partial charge < -0.3 is 23.8 Å². The van der Waals surface area contributed by atoms with Crippen molar-refractivity contribution in [2.75, 3.05) is 24.7 Å². The van der Waals surface area contributed by atoms with Crippen LogP contribution in [0.25, 0.3) is 0 Å². The SMILES string of the molecule is CC1(C)OCC(CN(C(=O)c2ccc(OC(F)F)c(OCC3CC3)c2)c2c(Cl)cncc2Cl)O1. The van der Waals surface area contributed by atoms with Crippen molar-refractivity contribution >= 4 is 34.8 Å². The lowest BCUT2D eigenvalue weighted by atomic mass is 10.1. The Labute approximate surface area is 205 Å². The number of carbonyl (C=O) groups excluding carboxylic acids is 1. The largest absolute Gasteiger partial charge is 0.489 e. The normalized spacial score (nSPS) is 19.3. The summed E-state index contributed by atoms with van der Waals surface area (Å²) in [4.78, 5) is 19.0. The molecule has 1 aliphatic heterocycles. The number of aromatic nitrogens is 1. The van der Waals surface area contributed by atoms with Gasteiger partial charge in [-0.2, -0.15) is 8.78 Å². The number of ether oxygens (including phenoxy) is 4. The lowest BCUT2D eigenvalue weighted by Crippen LogP contribution is -2.39. The Morgan fingerprint density at radius 2 is 1.94 bits per heavy atom. The molecule has 1 aromatic heterocycles. The average molecular weight is 517 g/mol. The standard InChI is InChI=1S/C23H24Cl2F2N2O5/c1-23(2)32-12-15(34-23)10-29(20-16(24)8-28-9-17(20)25)21(30)14-5-6-18(33-22(26)27)19(7-14)31-11-13-3-4-13/h5-9,13,15,22H,3-4,10-12H2,1-2H3. The number of rotatable bonds is 9. The summed E-state index contributed by atoms with van der Waals surface area (Å²) >= 11 is 12.7. The average Bonchev–Trinajstić information content (AvgIpc) is 3.53. The Hall–Kier alpha value is -2.20. The molecular formula is C23H24Cl2F2N2O5. The Balaban J connectivity index is 1.66. The summed E-state index contributed by atoms with van der Waals surface area (Å²) in [7, 11) is 0. The zero-order chi connectivity index (χ0) is 24.5. The monoisotopic (exact) mass is 516 g/mol. The number of halogens is 4. The molecule has 34 heavy (non-hydrogen) atoms. The van der Waals surface area contributed by atoms with Crippen molar-refractivity contribution in [1.82, 2.24) is 4.98 Å². The van der Waals surface area contributed by atoms with Crippen LogP contribution in [0.1, 0.15) is 37.0 Å². The smallest absolute Gasteiger partial charge is 0.387 e. The van der Waals surface area contributed by atoms with E-state index in [4.69, 9.17) is 37.4 Å². The fourth-order valence-electron chi connectivity index (χ4n) is 3.59. The number of nitrogens with zero attached hydrogens (tertiary/aromatic N) is 2. The Kier molecular flexibility index (Phi) is 7.47. The van der Waals surface area contributed by atoms with Crippen LogP contribution < -0.4 is 14.4 Å². The van der Waals surface area contributed by atoms with E-state index >= 15 is 0 Å². The zero-order valence-corrected chi connectivity index (χ0v) is 20.1. The number of alkyl halides is 2. The highest BCUT2D eigenvalue weighted by atomic mass is 35.5. The minimum Gasteiger partial charge on any atom is -0.489 e. The minimum absolute atomic E-state index is 0.0616. The fraction of sp³-hybridized carbons (Fsp3) is 0.478. The predicted octanol–water partition coefficient (Wildman–Crippen LogP) is 5.58. The third kappa shape index (κ3) is 6.07. The molecule has 1 atom stereocenters. The lowest BCUT2D eigenvalue weighted by molar-refractivity contribution is -0.137. The number of hydrogen-bond acceptors (Lipinski definition) is 6. The molecule has 0 N–H and O–H groups in total. The van der Waals surface area contributed by atoms with Crippen molar-refractivity contribution in [3.8, 4) is 11.5 Å². The van der Waals surface area contributed by atoms with Gasteiger partial charge in [-0.25, -0.2) is 0 Å². The van der Waals surface area contributed by atoms with Gasteiger partial charge in [-0.3, -0.25) is 9.78 Å². The molecule has 1 aliphatic carbocycles. The highest BCUT2D eigenvalue weighted by molar-refractivity contribution is 6.40. The number of amides is 1. The van der Waals surface area contributed by atoms with Gasteiger partial charge in [0.15, 0.2) is 17.3 Å². The highest BCUT2D eigenvalue weighted by Gasteiger charge is 2.36. The molecule has 1 aromatic carbocycles. The second-order valence-corrected chi connectivity index (χ2v) is 9.43. The van der Waals surface area contributed by atoms with Crippen molar-refractivity contribution in [2.45, 2.75) is 45.2 Å². The summed E-state index contributed by atoms with van der Waals surface area (Å²) in [5.74, 6) is -1.00. The van der Waals surface area contributed by atoms with E-state index in [0.29, 0.717) is 12.5 Å². The molecule has 1 saturated carbocycles. The van der Waals surface area contributed by atoms with E-state index in [-0.39, 0.29) is 45.9 Å². The molecule has 4 rings (SSSR count). The summed E-state index contributed by atoms with van der Waals surface area (Å²) in [6.07, 6.45) is 4.32. The Bertz CT molecular complexity index is 1030. The molecular weight excluding hydrogens is 493 g/mol. The van der Waals surface area contributed by atoms with Crippen LogP contribution in [0, 0.1) is 5.92 Å². The van der Waals surface area contributed by atoms with E-state index in [2.05, 4.69) is 9.72 Å². The maximum atomic E-state index is 13.7. The van der Waals surface area contributed by atoms with Gasteiger partial charge >= 0.3 is 6.61 Å². The Morgan fingerprint density at radius 3 is 2.53 bits per heavy atom. The summed E-state index contributed by atoms with van der Waals surface area (Å²) in [5.41, 5.74) is 0.430. The van der Waals surface area contributed by atoms with Crippen molar-refractivity contribution in [3.05, 3.63) is 46.2 Å². The second-order valence-electron chi connectivity index (χ2n) is 8.61. The molecule has 0 radical (unpaired) electrons. The number of hydrogen-bond donors (Lipinski definition) is 0. The van der Waals surface area contributed by atoms with E-state index in [9.17, 15) is 13.6 Å². The van der Waals surface area contributed by atoms with Gasteiger partial charge in [0.2, 0.25) is 0 Å². The van der Waals surface area contributed by atoms with Gasteiger partial charge in [-0.05, 0) is 50.8 Å². The molecule has 184 valence electrons. The van der Waals surface area contributed by atoms with Gasteiger partial charge in [0, 0.05) is 18.0 Å². The maximum absolute atomic E-state index is 13.7. The van der Waals surface area contributed by atoms with Crippen LogP contribution in [0.3, 0.4) is 0 Å². The first-order valence-corrected chi connectivity index (χ1v) is 11.5. The lowest BCUT2D eigenvalue weighted by Gasteiger charge is -2.27. The zero-order valence-electron chi connectivity index (χ0n) is 18.6. The first kappa shape index (κ1) is 24.9. The molecule has 7 nitrogen and oxygen atoms in total. The third-order valence-corrected chi connectivity index (χ3v) is 5.93. The molecule has 2 aromatic rings. The van der Waals surface area contributed by atoms with Gasteiger partial charge in [0.05, 0.1) is 35.5 Å². The molecule has 1 unspecified atom stereocenters. The molecule has 1 amide bonds. The molecule has 0 bridgehead atoms. The van der Waals surface area contributed by atoms with E-state index in [1.54, 1.807) is 13.8 Å². The van der Waals surface area contributed by atoms with Gasteiger partial charge in [-0.1, -0.05) is 23.2 Å². The van der Waals surface area contributed by atoms with Crippen molar-refractivity contribution in [2.24, 2.45) is 5.92 Å². The first-order chi connectivity index (χ1) is 16.1. The molecule has 1 saturated heterocycles. The fourth-order valence-corrected chi connectivity index (χ4v) is 4.16. The number of carbonyl (C=O) groups is 1. The van der Waals surface area contributed by atoms with Crippen molar-refractivity contribution in [1.29, 1.82) is 0 Å². The van der Waals surface area contributed by atoms with Gasteiger partial charge in [0.25, 0.3) is 5.91 Å². The van der Waals surface area contributed by atoms with E-state index < -0.39 is 24.4 Å². The van der Waals surface area contributed by atoms with Crippen molar-refractivity contribution < 1.29 is 32.5 Å². The van der Waals surface area contributed by atoms with Gasteiger partial charge in [-0.15, -0.1) is 0 Å². The first-order valence-electron chi connectivity index (χ1n) is 10.8. The summed E-state index contributed by atoms with van der Waals surface area (Å²) in [6.45, 7) is 1.21. The molecule has 11 heteroatoms. The van der Waals surface area contributed by atoms with Crippen LogP contribution in [-0.2, 0) is 9.47 Å². The topological polar surface area (TPSA) is 70.1 Å². The quantitative estimate of drug-likeness (QED) is 0.433. The van der Waals surface area contributed by atoms with Gasteiger partial charge in [0.1, 0.15) is 6.10 Å². The maximum Gasteiger partial charge on any atom is 0.387 e. The van der Waals surface area contributed by atoms with E-state index in [0.717, 1.165) is 12.8 Å². The van der Waals surface area contributed by atoms with Crippen LogP contribution in [0.2, 0.25) is 10.0 Å². The van der Waals surface area contributed by atoms with Crippen LogP contribution in [0.15, 0.2) is 30.6 Å². The number of anilines is 1. The molecule has 2 aliphatic rings. The second kappa shape index (κ2) is 10.2. The van der Waals surface area contributed by atoms with Crippen LogP contribution in [0.4, 0.5) is 14.5 Å². The van der Waals surface area contributed by atoms with E-state index in [1.807, 2.05) is 0 Å². The highest BCUT2D eigenvalue weighted by Crippen LogP contribution is 2.37. The van der Waals surface area contributed by atoms with E-state index in [1.165, 1.54) is 35.5 Å². The number of benzene rings is 1. The molecule has 2 fully saturated rings. The predicted molar refractivity (Wildman–Crippen MR) is 122 cm³/mol. The summed E-state index contributed by atoms with van der Waals surface area (Å²) in [6, 6.07) is 4.05. The molecule has 0 spiro atoms. The van der Waals surface area contributed by atoms with Crippen LogP contribution >= 0.6 is 23.2 Å². The summed E-state index contributed by atoms with van der Waals surface area (Å²) in [5, 5.41) is 0.337. The Morgan fingerprint density at radius 1 is 1.24 bits per heavy atom. The van der Waals surface area contributed by atoms with Crippen molar-refractivity contribution in [3.63, 3.8) is 0 Å². The molecule has 2 heterocycles. The third-order valence-electron chi connectivity index (χ3n) is 5.37. The number of pyridine rings is 1. The minimum atomic E-state index is -3.03. The van der Waals surface area contributed by atoms with Crippen LogP contribution in [-0.4, -0.2) is 49.2 Å². The van der Waals surface area contributed by atoms with Crippen LogP contribution in [0.5, 0.6) is 11.5 Å².